The van der Waals surface area contributed by atoms with Gasteiger partial charge in [0.15, 0.2) is 0 Å². The Morgan fingerprint density at radius 1 is 0.926 bits per heavy atom. The van der Waals surface area contributed by atoms with Gasteiger partial charge in [0.2, 0.25) is 0 Å². The number of nitrogens with zero attached hydrogens (tertiary/aromatic N) is 2. The Morgan fingerprint density at radius 3 is 2.04 bits per heavy atom. The van der Waals surface area contributed by atoms with Gasteiger partial charge in [-0.3, -0.25) is 0 Å². The van der Waals surface area contributed by atoms with E-state index in [9.17, 15) is 0 Å². The first-order valence-corrected chi connectivity index (χ1v) is 10.4. The number of allylic oxidation sites excluding steroid dienone is 2. The SMILES string of the molecule is C/C=C(\N=C(C)Br)C1(c2cccc(Br)n2)c2ccccc2-c2ccccc21. The van der Waals surface area contributed by atoms with Crippen LogP contribution in [0.4, 0.5) is 0 Å². The Kier molecular flexibility index (Phi) is 4.87. The highest BCUT2D eigenvalue weighted by atomic mass is 79.9. The van der Waals surface area contributed by atoms with E-state index in [2.05, 4.69) is 92.5 Å². The minimum absolute atomic E-state index is 0.555. The average molecular weight is 482 g/mol. The molecule has 4 rings (SSSR count). The normalized spacial score (nSPS) is 15.4. The molecule has 0 bridgehead atoms. The van der Waals surface area contributed by atoms with Crippen molar-refractivity contribution in [2.75, 3.05) is 0 Å². The molecule has 1 heterocycles. The molecule has 2 aromatic carbocycles. The van der Waals surface area contributed by atoms with Crippen LogP contribution in [0, 0.1) is 0 Å². The lowest BCUT2D eigenvalue weighted by atomic mass is 9.72. The number of benzene rings is 2. The van der Waals surface area contributed by atoms with Gasteiger partial charge in [0, 0.05) is 0 Å². The molecule has 0 spiro atoms. The maximum Gasteiger partial charge on any atom is 0.106 e. The summed E-state index contributed by atoms with van der Waals surface area (Å²) in [6.45, 7) is 4.00. The lowest BCUT2D eigenvalue weighted by Gasteiger charge is -2.32. The van der Waals surface area contributed by atoms with Crippen molar-refractivity contribution < 1.29 is 0 Å². The molecule has 0 aliphatic heterocycles. The molecule has 134 valence electrons. The van der Waals surface area contributed by atoms with Gasteiger partial charge in [-0.05, 0) is 80.1 Å². The third-order valence-corrected chi connectivity index (χ3v) is 5.60. The molecule has 1 aromatic heterocycles. The summed E-state index contributed by atoms with van der Waals surface area (Å²) in [4.78, 5) is 9.79. The van der Waals surface area contributed by atoms with Crippen LogP contribution >= 0.6 is 31.9 Å². The van der Waals surface area contributed by atoms with Gasteiger partial charge in [-0.2, -0.15) is 0 Å². The van der Waals surface area contributed by atoms with Gasteiger partial charge >= 0.3 is 0 Å². The molecule has 0 saturated carbocycles. The van der Waals surface area contributed by atoms with Crippen molar-refractivity contribution in [1.29, 1.82) is 0 Å². The number of aliphatic imine (C=N–C) groups is 1. The van der Waals surface area contributed by atoms with E-state index in [0.717, 1.165) is 20.6 Å². The third-order valence-electron chi connectivity index (χ3n) is 4.98. The second kappa shape index (κ2) is 7.17. The smallest absolute Gasteiger partial charge is 0.106 e. The van der Waals surface area contributed by atoms with Crippen LogP contribution < -0.4 is 0 Å². The Bertz CT molecular complexity index is 1030. The first kappa shape index (κ1) is 18.3. The summed E-state index contributed by atoms with van der Waals surface area (Å²) in [5.74, 6) is 0. The van der Waals surface area contributed by atoms with Gasteiger partial charge in [0.1, 0.15) is 10.0 Å². The lowest BCUT2D eigenvalue weighted by molar-refractivity contribution is 0.703. The largest absolute Gasteiger partial charge is 0.249 e. The predicted octanol–water partition coefficient (Wildman–Crippen LogP) is 6.88. The van der Waals surface area contributed by atoms with Crippen molar-refractivity contribution in [1.82, 2.24) is 4.98 Å². The molecule has 0 atom stereocenters. The number of aromatic nitrogens is 1. The van der Waals surface area contributed by atoms with Gasteiger partial charge in [0.05, 0.1) is 16.0 Å². The highest BCUT2D eigenvalue weighted by Gasteiger charge is 2.48. The molecule has 2 nitrogen and oxygen atoms in total. The minimum atomic E-state index is -0.555. The van der Waals surface area contributed by atoms with E-state index in [-0.39, 0.29) is 0 Å². The van der Waals surface area contributed by atoms with E-state index < -0.39 is 5.41 Å². The predicted molar refractivity (Wildman–Crippen MR) is 119 cm³/mol. The molecule has 0 saturated heterocycles. The van der Waals surface area contributed by atoms with E-state index in [4.69, 9.17) is 9.98 Å². The summed E-state index contributed by atoms with van der Waals surface area (Å²) in [5.41, 5.74) is 6.25. The fourth-order valence-electron chi connectivity index (χ4n) is 4.07. The monoisotopic (exact) mass is 480 g/mol. The molecule has 0 N–H and O–H groups in total. The highest BCUT2D eigenvalue weighted by Crippen LogP contribution is 2.56. The average Bonchev–Trinajstić information content (AvgIpc) is 2.97. The molecule has 3 aromatic rings. The summed E-state index contributed by atoms with van der Waals surface area (Å²) >= 11 is 7.09. The topological polar surface area (TPSA) is 25.2 Å². The quantitative estimate of drug-likeness (QED) is 0.295. The second-order valence-electron chi connectivity index (χ2n) is 6.47. The Balaban J connectivity index is 2.19. The maximum absolute atomic E-state index is 4.89. The van der Waals surface area contributed by atoms with E-state index in [1.165, 1.54) is 22.3 Å². The summed E-state index contributed by atoms with van der Waals surface area (Å²) < 4.78 is 1.66. The van der Waals surface area contributed by atoms with Crippen molar-refractivity contribution in [3.05, 3.63) is 99.9 Å². The molecule has 0 unspecified atom stereocenters. The second-order valence-corrected chi connectivity index (χ2v) is 8.43. The van der Waals surface area contributed by atoms with Crippen LogP contribution in [-0.4, -0.2) is 9.60 Å². The van der Waals surface area contributed by atoms with Crippen LogP contribution in [0.15, 0.2) is 88.1 Å². The summed E-state index contributed by atoms with van der Waals surface area (Å²) in [7, 11) is 0. The van der Waals surface area contributed by atoms with E-state index in [1.807, 2.05) is 26.0 Å². The van der Waals surface area contributed by atoms with Crippen molar-refractivity contribution in [2.24, 2.45) is 4.99 Å². The first-order valence-electron chi connectivity index (χ1n) is 8.79. The molecule has 0 amide bonds. The number of hydrogen-bond acceptors (Lipinski definition) is 2. The zero-order valence-electron chi connectivity index (χ0n) is 15.1. The number of pyridine rings is 1. The summed E-state index contributed by atoms with van der Waals surface area (Å²) in [5, 5.41) is 0. The number of rotatable bonds is 3. The van der Waals surface area contributed by atoms with Gasteiger partial charge in [-0.15, -0.1) is 0 Å². The standard InChI is InChI=1S/C23H18Br2N2/c1-3-20(26-15(2)24)23(21-13-8-14-22(25)27-21)18-11-6-4-9-16(18)17-10-5-7-12-19(17)23/h3-14H,1-2H3/b20-3-,26-15?. The molecule has 27 heavy (non-hydrogen) atoms. The maximum atomic E-state index is 4.89. The summed E-state index contributed by atoms with van der Waals surface area (Å²) in [6, 6.07) is 23.2. The van der Waals surface area contributed by atoms with Crippen LogP contribution in [0.2, 0.25) is 0 Å². The van der Waals surface area contributed by atoms with Gasteiger partial charge < -0.3 is 0 Å². The van der Waals surface area contributed by atoms with Gasteiger partial charge in [0.25, 0.3) is 0 Å². The van der Waals surface area contributed by atoms with Gasteiger partial charge in [-0.1, -0.05) is 60.7 Å². The Hall–Kier alpha value is -2.04. The van der Waals surface area contributed by atoms with Crippen LogP contribution in [-0.2, 0) is 5.41 Å². The molecular formula is C23H18Br2N2. The van der Waals surface area contributed by atoms with Crippen LogP contribution in [0.1, 0.15) is 30.7 Å². The van der Waals surface area contributed by atoms with Crippen LogP contribution in [0.3, 0.4) is 0 Å². The van der Waals surface area contributed by atoms with Crippen LogP contribution in [0.25, 0.3) is 11.1 Å². The molecule has 1 aliphatic carbocycles. The van der Waals surface area contributed by atoms with Crippen molar-refractivity contribution >= 4 is 36.5 Å². The highest BCUT2D eigenvalue weighted by molar-refractivity contribution is 9.18. The zero-order chi connectivity index (χ0) is 19.0. The fraction of sp³-hybridized carbons (Fsp3) is 0.130. The van der Waals surface area contributed by atoms with E-state index in [1.54, 1.807) is 0 Å². The molecular weight excluding hydrogens is 464 g/mol. The van der Waals surface area contributed by atoms with Crippen molar-refractivity contribution in [2.45, 2.75) is 19.3 Å². The van der Waals surface area contributed by atoms with E-state index >= 15 is 0 Å². The Labute approximate surface area is 176 Å². The number of fused-ring (bicyclic) bond motifs is 3. The number of halogens is 2. The first-order chi connectivity index (χ1) is 13.1. The van der Waals surface area contributed by atoms with Crippen LogP contribution in [0.5, 0.6) is 0 Å². The summed E-state index contributed by atoms with van der Waals surface area (Å²) in [6.07, 6.45) is 2.09. The fourth-order valence-corrected chi connectivity index (χ4v) is 4.60. The lowest BCUT2D eigenvalue weighted by Crippen LogP contribution is -2.30. The number of hydrogen-bond donors (Lipinski definition) is 0. The molecule has 4 heteroatoms. The van der Waals surface area contributed by atoms with Gasteiger partial charge in [-0.25, -0.2) is 9.98 Å². The minimum Gasteiger partial charge on any atom is -0.249 e. The zero-order valence-corrected chi connectivity index (χ0v) is 18.3. The molecule has 1 aliphatic rings. The third kappa shape index (κ3) is 2.82. The van der Waals surface area contributed by atoms with Crippen molar-refractivity contribution in [3.63, 3.8) is 0 Å². The molecule has 0 fully saturated rings. The molecule has 0 radical (unpaired) electrons. The Morgan fingerprint density at radius 2 is 1.52 bits per heavy atom. The van der Waals surface area contributed by atoms with E-state index in [0.29, 0.717) is 0 Å². The van der Waals surface area contributed by atoms with Crippen molar-refractivity contribution in [3.8, 4) is 11.1 Å².